The highest BCUT2D eigenvalue weighted by atomic mass is 16.7. The first-order valence-electron chi connectivity index (χ1n) is 1.33. The maximum absolute atomic E-state index is 4.24. The number of aromatic nitrogens is 3. The van der Waals surface area contributed by atoms with Crippen LogP contribution in [-0.2, 0) is 0 Å². The van der Waals surface area contributed by atoms with Gasteiger partial charge in [-0.25, -0.2) is 4.63 Å². The summed E-state index contributed by atoms with van der Waals surface area (Å²) < 4.78 is 8.39. The maximum Gasteiger partial charge on any atom is 0.233 e. The lowest BCUT2D eigenvalue weighted by Crippen LogP contribution is -1.75. The molecular weight excluding hydrogens is 86.0 g/mol. The van der Waals surface area contributed by atoms with Gasteiger partial charge in [0.1, 0.15) is 0 Å². The van der Waals surface area contributed by atoms with Crippen molar-refractivity contribution in [2.75, 3.05) is 0 Å². The summed E-state index contributed by atoms with van der Waals surface area (Å²) in [6.07, 6.45) is 1.17. The average Bonchev–Trinajstić information content (AvgIpc) is 1.72. The summed E-state index contributed by atoms with van der Waals surface area (Å²) >= 11 is 0. The van der Waals surface area contributed by atoms with E-state index in [4.69, 9.17) is 0 Å². The third kappa shape index (κ3) is 0.423. The van der Waals surface area contributed by atoms with Crippen LogP contribution in [0.4, 0.5) is 0 Å². The summed E-state index contributed by atoms with van der Waals surface area (Å²) in [4.78, 5) is 0. The van der Waals surface area contributed by atoms with E-state index in [-0.39, 0.29) is 0 Å². The van der Waals surface area contributed by atoms with Crippen molar-refractivity contribution in [3.8, 4) is 0 Å². The van der Waals surface area contributed by atoms with E-state index in [0.29, 0.717) is 0 Å². The molecule has 0 amide bonds. The van der Waals surface area contributed by atoms with Crippen LogP contribution in [0.1, 0.15) is 0 Å². The standard InChI is InChI=1S/CH3N3O2/c1-2-3-6-4-5-1/h1,3-4H. The number of nitrogens with zero attached hydrogens (tertiary/aromatic N) is 1. The molecule has 1 aromatic rings. The Morgan fingerprint density at radius 1 is 1.67 bits per heavy atom. The Morgan fingerprint density at radius 3 is 2.83 bits per heavy atom. The molecule has 0 aliphatic heterocycles. The smallest absolute Gasteiger partial charge is 0.233 e. The Kier molecular flexibility index (Phi) is 0.689. The van der Waals surface area contributed by atoms with Gasteiger partial charge in [0, 0.05) is 0 Å². The minimum atomic E-state index is 1.17. The van der Waals surface area contributed by atoms with Crippen LogP contribution in [-0.4, -0.2) is 15.7 Å². The van der Waals surface area contributed by atoms with Crippen LogP contribution in [0.5, 0.6) is 0 Å². The summed E-state index contributed by atoms with van der Waals surface area (Å²) in [5.41, 5.74) is 0. The van der Waals surface area contributed by atoms with Gasteiger partial charge in [0.15, 0.2) is 0 Å². The van der Waals surface area contributed by atoms with Gasteiger partial charge in [0.2, 0.25) is 6.39 Å². The molecule has 0 aromatic carbocycles. The number of hydrogen-bond acceptors (Lipinski definition) is 3. The molecule has 0 aliphatic rings. The van der Waals surface area contributed by atoms with Gasteiger partial charge in [-0.1, -0.05) is 5.33 Å². The lowest BCUT2D eigenvalue weighted by Gasteiger charge is -1.75. The van der Waals surface area contributed by atoms with Crippen molar-refractivity contribution in [1.29, 1.82) is 0 Å². The lowest BCUT2D eigenvalue weighted by molar-refractivity contribution is 0.0948. The molecule has 0 radical (unpaired) electrons. The van der Waals surface area contributed by atoms with Crippen LogP contribution >= 0.6 is 0 Å². The highest BCUT2D eigenvalue weighted by molar-refractivity contribution is 4.08. The zero-order chi connectivity index (χ0) is 4.24. The van der Waals surface area contributed by atoms with Crippen molar-refractivity contribution in [3.63, 3.8) is 0 Å². The van der Waals surface area contributed by atoms with Gasteiger partial charge in [-0.3, -0.25) is 0 Å². The van der Waals surface area contributed by atoms with Crippen molar-refractivity contribution in [2.24, 2.45) is 0 Å². The quantitative estimate of drug-likeness (QED) is 0.471. The molecular formula is CH3N3O2. The largest absolute Gasteiger partial charge is 0.336 e. The molecule has 1 aromatic heterocycles. The van der Waals surface area contributed by atoms with E-state index in [1.807, 2.05) is 5.33 Å². The number of H-pyrrole nitrogens is 2. The van der Waals surface area contributed by atoms with Crippen LogP contribution in [0, 0.1) is 0 Å². The molecule has 1 heterocycles. The van der Waals surface area contributed by atoms with Gasteiger partial charge in [0.05, 0.1) is 0 Å². The van der Waals surface area contributed by atoms with Crippen LogP contribution in [0.25, 0.3) is 0 Å². The predicted octanol–water partition coefficient (Wildman–Crippen LogP) is 0.0482. The molecule has 1 rings (SSSR count). The first-order chi connectivity index (χ1) is 3.00. The molecule has 0 atom stereocenters. The van der Waals surface area contributed by atoms with E-state index in [1.165, 1.54) is 6.39 Å². The second kappa shape index (κ2) is 1.34. The topological polar surface area (TPSA) is 70.8 Å². The molecule has 0 saturated carbocycles. The molecule has 6 heavy (non-hydrogen) atoms. The van der Waals surface area contributed by atoms with Gasteiger partial charge in [-0.05, 0) is 0 Å². The van der Waals surface area contributed by atoms with Gasteiger partial charge in [-0.2, -0.15) is 0 Å². The van der Waals surface area contributed by atoms with Crippen molar-refractivity contribution in [1.82, 2.24) is 15.7 Å². The van der Waals surface area contributed by atoms with E-state index >= 15 is 0 Å². The molecule has 2 N–H and O–H groups in total. The zero-order valence-electron chi connectivity index (χ0n) is 2.84. The summed E-state index contributed by atoms with van der Waals surface area (Å²) in [5, 5.41) is 7.44. The Morgan fingerprint density at radius 2 is 2.67 bits per heavy atom. The second-order valence-electron chi connectivity index (χ2n) is 0.629. The summed E-state index contributed by atoms with van der Waals surface area (Å²) in [6, 6.07) is 0. The highest BCUT2D eigenvalue weighted by Gasteiger charge is 1.55. The number of rotatable bonds is 0. The molecule has 0 spiro atoms. The monoisotopic (exact) mass is 89.0 g/mol. The molecule has 0 saturated heterocycles. The van der Waals surface area contributed by atoms with Crippen LogP contribution < -0.4 is 0 Å². The van der Waals surface area contributed by atoms with Crippen LogP contribution in [0.2, 0.25) is 0 Å². The van der Waals surface area contributed by atoms with Crippen molar-refractivity contribution >= 4 is 0 Å². The summed E-state index contributed by atoms with van der Waals surface area (Å²) in [5.74, 6) is 0. The minimum Gasteiger partial charge on any atom is -0.336 e. The van der Waals surface area contributed by atoms with Gasteiger partial charge in [0.25, 0.3) is 0 Å². The van der Waals surface area contributed by atoms with E-state index < -0.39 is 0 Å². The van der Waals surface area contributed by atoms with E-state index in [2.05, 4.69) is 19.5 Å². The van der Waals surface area contributed by atoms with Crippen molar-refractivity contribution in [2.45, 2.75) is 0 Å². The molecule has 0 unspecified atom stereocenters. The van der Waals surface area contributed by atoms with E-state index in [1.54, 1.807) is 0 Å². The average molecular weight is 89.1 g/mol. The Labute approximate surface area is 32.5 Å². The molecule has 5 heteroatoms. The Bertz CT molecular complexity index is 80.7. The predicted molar refractivity (Wildman–Crippen MR) is 15.1 cm³/mol. The summed E-state index contributed by atoms with van der Waals surface area (Å²) in [6.45, 7) is 0. The first kappa shape index (κ1) is 3.08. The zero-order valence-corrected chi connectivity index (χ0v) is 2.84. The van der Waals surface area contributed by atoms with Gasteiger partial charge >= 0.3 is 0 Å². The third-order valence-corrected chi connectivity index (χ3v) is 0.294. The fourth-order valence-corrected chi connectivity index (χ4v) is 0.138. The van der Waals surface area contributed by atoms with Crippen LogP contribution in [0.15, 0.2) is 15.5 Å². The fraction of sp³-hybridized carbons (Fsp3) is 0. The SMILES string of the molecule is c1n[nH]o[nH]o1. The minimum absolute atomic E-state index is 1.17. The van der Waals surface area contributed by atoms with Crippen molar-refractivity contribution < 1.29 is 9.15 Å². The fourth-order valence-electron chi connectivity index (χ4n) is 0.138. The Hall–Kier alpha value is -1.13. The Balaban J connectivity index is 3.00. The van der Waals surface area contributed by atoms with Gasteiger partial charge < -0.3 is 4.52 Å². The second-order valence-corrected chi connectivity index (χ2v) is 0.629. The van der Waals surface area contributed by atoms with E-state index in [9.17, 15) is 0 Å². The highest BCUT2D eigenvalue weighted by Crippen LogP contribution is 1.58. The normalized spacial score (nSPS) is 8.00. The number of hydrogen-bond donors (Lipinski definition) is 2. The molecule has 34 valence electrons. The molecule has 0 bridgehead atoms. The first-order valence-corrected chi connectivity index (χ1v) is 1.33. The number of aromatic amines is 2. The summed E-state index contributed by atoms with van der Waals surface area (Å²) in [7, 11) is 0. The number of nitrogens with one attached hydrogen (secondary N) is 2. The lowest BCUT2D eigenvalue weighted by atomic mass is 11.5. The van der Waals surface area contributed by atoms with Crippen molar-refractivity contribution in [3.05, 3.63) is 6.39 Å². The molecule has 5 nitrogen and oxygen atoms in total. The van der Waals surface area contributed by atoms with E-state index in [0.717, 1.165) is 0 Å². The third-order valence-electron chi connectivity index (χ3n) is 0.294. The molecule has 0 aliphatic carbocycles. The molecule has 0 fully saturated rings. The van der Waals surface area contributed by atoms with Gasteiger partial charge in [-0.15, -0.1) is 10.4 Å². The van der Waals surface area contributed by atoms with Crippen LogP contribution in [0.3, 0.4) is 0 Å². The maximum atomic E-state index is 4.24.